The largest absolute Gasteiger partial charge is 0.312 e. The van der Waals surface area contributed by atoms with Crippen LogP contribution in [0.3, 0.4) is 0 Å². The summed E-state index contributed by atoms with van der Waals surface area (Å²) in [5, 5.41) is 7.06. The summed E-state index contributed by atoms with van der Waals surface area (Å²) in [6, 6.07) is 20.2. The second-order valence-corrected chi connectivity index (χ2v) is 7.75. The van der Waals surface area contributed by atoms with Gasteiger partial charge >= 0.3 is 0 Å². The van der Waals surface area contributed by atoms with E-state index in [1.165, 1.54) is 0 Å². The minimum Gasteiger partial charge on any atom is -0.312 e. The van der Waals surface area contributed by atoms with Crippen LogP contribution >= 0.6 is 0 Å². The molecule has 0 N–H and O–H groups in total. The van der Waals surface area contributed by atoms with Crippen LogP contribution in [-0.2, 0) is 13.5 Å². The van der Waals surface area contributed by atoms with Gasteiger partial charge in [0.1, 0.15) is 0 Å². The molecule has 0 saturated heterocycles. The highest BCUT2D eigenvalue weighted by atomic mass is 16.1. The van der Waals surface area contributed by atoms with Crippen LogP contribution in [-0.4, -0.2) is 19.3 Å². The summed E-state index contributed by atoms with van der Waals surface area (Å²) in [6.45, 7) is 2.07. The van der Waals surface area contributed by atoms with Crippen molar-refractivity contribution >= 4 is 21.7 Å². The van der Waals surface area contributed by atoms with Crippen molar-refractivity contribution < 1.29 is 0 Å². The Morgan fingerprint density at radius 3 is 2.63 bits per heavy atom. The molecule has 0 saturated carbocycles. The SMILES string of the molecule is CC(Cc1ccc2ccccc2n1)n1ccc2cccc(-c3cnn(C)c3)c2c1=O. The Bertz CT molecular complexity index is 1430. The lowest BCUT2D eigenvalue weighted by atomic mass is 10.0. The first kappa shape index (κ1) is 18.3. The first-order valence-electron chi connectivity index (χ1n) is 10.1. The average Bonchev–Trinajstić information content (AvgIpc) is 3.19. The molecule has 0 fully saturated rings. The van der Waals surface area contributed by atoms with Gasteiger partial charge in [0, 0.05) is 48.5 Å². The van der Waals surface area contributed by atoms with Gasteiger partial charge in [-0.1, -0.05) is 42.5 Å². The molecule has 5 aromatic rings. The maximum Gasteiger partial charge on any atom is 0.259 e. The summed E-state index contributed by atoms with van der Waals surface area (Å²) >= 11 is 0. The molecule has 5 rings (SSSR count). The summed E-state index contributed by atoms with van der Waals surface area (Å²) in [7, 11) is 1.88. The Hall–Kier alpha value is -3.73. The van der Waals surface area contributed by atoms with Crippen LogP contribution < -0.4 is 5.56 Å². The number of nitrogens with zero attached hydrogens (tertiary/aromatic N) is 4. The molecule has 148 valence electrons. The fourth-order valence-corrected chi connectivity index (χ4v) is 4.08. The number of benzene rings is 2. The lowest BCUT2D eigenvalue weighted by molar-refractivity contribution is 0.525. The number of fused-ring (bicyclic) bond motifs is 2. The Labute approximate surface area is 174 Å². The molecule has 2 aromatic carbocycles. The van der Waals surface area contributed by atoms with E-state index in [-0.39, 0.29) is 11.6 Å². The van der Waals surface area contributed by atoms with Crippen molar-refractivity contribution in [2.45, 2.75) is 19.4 Å². The third-order valence-corrected chi connectivity index (χ3v) is 5.61. The summed E-state index contributed by atoms with van der Waals surface area (Å²) in [4.78, 5) is 18.3. The zero-order valence-corrected chi connectivity index (χ0v) is 17.0. The third kappa shape index (κ3) is 3.18. The van der Waals surface area contributed by atoms with Gasteiger partial charge in [0.05, 0.1) is 17.1 Å². The number of para-hydroxylation sites is 1. The Morgan fingerprint density at radius 2 is 1.80 bits per heavy atom. The van der Waals surface area contributed by atoms with Crippen LogP contribution in [0.4, 0.5) is 0 Å². The third-order valence-electron chi connectivity index (χ3n) is 5.61. The zero-order valence-electron chi connectivity index (χ0n) is 17.0. The minimum absolute atomic E-state index is 0.0141. The molecule has 0 bridgehead atoms. The lowest BCUT2D eigenvalue weighted by Crippen LogP contribution is -2.24. The second-order valence-electron chi connectivity index (χ2n) is 7.75. The van der Waals surface area contributed by atoms with Crippen molar-refractivity contribution in [2.75, 3.05) is 0 Å². The van der Waals surface area contributed by atoms with Gasteiger partial charge in [-0.15, -0.1) is 0 Å². The standard InChI is InChI=1S/C25H22N4O/c1-17(14-21-11-10-18-6-3-4-9-23(18)27-21)29-13-12-19-7-5-8-22(24(19)25(29)30)20-15-26-28(2)16-20/h3-13,15-17H,14H2,1-2H3. The summed E-state index contributed by atoms with van der Waals surface area (Å²) in [5.74, 6) is 0. The van der Waals surface area contributed by atoms with Crippen LogP contribution in [0.25, 0.3) is 32.8 Å². The highest BCUT2D eigenvalue weighted by Crippen LogP contribution is 2.26. The minimum atomic E-state index is -0.0162. The summed E-state index contributed by atoms with van der Waals surface area (Å²) in [5.41, 5.74) is 3.83. The molecule has 0 radical (unpaired) electrons. The Balaban J connectivity index is 1.56. The van der Waals surface area contributed by atoms with Crippen molar-refractivity contribution in [3.8, 4) is 11.1 Å². The topological polar surface area (TPSA) is 52.7 Å². The predicted octanol–water partition coefficient (Wildman–Crippen LogP) is 4.75. The number of rotatable bonds is 4. The molecule has 5 nitrogen and oxygen atoms in total. The number of hydrogen-bond donors (Lipinski definition) is 0. The second kappa shape index (κ2) is 7.26. The molecule has 1 atom stereocenters. The van der Waals surface area contributed by atoms with Gasteiger partial charge in [0.2, 0.25) is 0 Å². The number of aryl methyl sites for hydroxylation is 1. The van der Waals surface area contributed by atoms with Gasteiger partial charge in [-0.2, -0.15) is 5.10 Å². The summed E-state index contributed by atoms with van der Waals surface area (Å²) in [6.07, 6.45) is 6.32. The van der Waals surface area contributed by atoms with E-state index in [0.717, 1.165) is 38.5 Å². The van der Waals surface area contributed by atoms with Gasteiger partial charge in [-0.25, -0.2) is 0 Å². The van der Waals surface area contributed by atoms with Gasteiger partial charge in [0.25, 0.3) is 5.56 Å². The van der Waals surface area contributed by atoms with Crippen LogP contribution in [0, 0.1) is 0 Å². The van der Waals surface area contributed by atoms with Crippen molar-refractivity contribution in [1.29, 1.82) is 0 Å². The average molecular weight is 394 g/mol. The van der Waals surface area contributed by atoms with Crippen molar-refractivity contribution in [1.82, 2.24) is 19.3 Å². The lowest BCUT2D eigenvalue weighted by Gasteiger charge is -2.17. The quantitative estimate of drug-likeness (QED) is 0.442. The number of hydrogen-bond acceptors (Lipinski definition) is 3. The molecule has 30 heavy (non-hydrogen) atoms. The zero-order chi connectivity index (χ0) is 20.7. The number of pyridine rings is 2. The smallest absolute Gasteiger partial charge is 0.259 e. The molecular formula is C25H22N4O. The molecule has 0 spiro atoms. The predicted molar refractivity (Wildman–Crippen MR) is 121 cm³/mol. The highest BCUT2D eigenvalue weighted by molar-refractivity contribution is 5.95. The number of aromatic nitrogens is 4. The van der Waals surface area contributed by atoms with Gasteiger partial charge < -0.3 is 4.57 Å². The Morgan fingerprint density at radius 1 is 0.967 bits per heavy atom. The molecular weight excluding hydrogens is 372 g/mol. The van der Waals surface area contributed by atoms with E-state index >= 15 is 0 Å². The van der Waals surface area contributed by atoms with Gasteiger partial charge in [0.15, 0.2) is 0 Å². The maximum absolute atomic E-state index is 13.5. The molecule has 1 unspecified atom stereocenters. The van der Waals surface area contributed by atoms with Crippen molar-refractivity contribution in [3.05, 3.63) is 95.3 Å². The fraction of sp³-hybridized carbons (Fsp3) is 0.160. The molecule has 0 aliphatic heterocycles. The molecule has 3 heterocycles. The molecule has 5 heteroatoms. The van der Waals surface area contributed by atoms with Gasteiger partial charge in [-0.05, 0) is 36.1 Å². The fourth-order valence-electron chi connectivity index (χ4n) is 4.08. The highest BCUT2D eigenvalue weighted by Gasteiger charge is 2.15. The van der Waals surface area contributed by atoms with Crippen LogP contribution in [0.15, 0.2) is 84.0 Å². The van der Waals surface area contributed by atoms with Crippen molar-refractivity contribution in [3.63, 3.8) is 0 Å². The molecule has 0 amide bonds. The molecule has 0 aliphatic rings. The maximum atomic E-state index is 13.5. The first-order chi connectivity index (χ1) is 14.6. The van der Waals surface area contributed by atoms with E-state index in [4.69, 9.17) is 4.98 Å². The monoisotopic (exact) mass is 394 g/mol. The van der Waals surface area contributed by atoms with E-state index in [1.807, 2.05) is 72.5 Å². The van der Waals surface area contributed by atoms with E-state index in [1.54, 1.807) is 10.9 Å². The van der Waals surface area contributed by atoms with E-state index < -0.39 is 0 Å². The van der Waals surface area contributed by atoms with Crippen LogP contribution in [0.5, 0.6) is 0 Å². The van der Waals surface area contributed by atoms with Crippen molar-refractivity contribution in [2.24, 2.45) is 7.05 Å². The molecule has 0 aliphatic carbocycles. The first-order valence-corrected chi connectivity index (χ1v) is 10.1. The van der Waals surface area contributed by atoms with E-state index in [9.17, 15) is 4.79 Å². The van der Waals surface area contributed by atoms with Crippen LogP contribution in [0.1, 0.15) is 18.7 Å². The van der Waals surface area contributed by atoms with E-state index in [0.29, 0.717) is 6.42 Å². The molecule has 3 aromatic heterocycles. The summed E-state index contributed by atoms with van der Waals surface area (Å²) < 4.78 is 3.57. The van der Waals surface area contributed by atoms with E-state index in [2.05, 4.69) is 24.2 Å². The Kier molecular flexibility index (Phi) is 4.43. The normalized spacial score (nSPS) is 12.5. The van der Waals surface area contributed by atoms with Crippen LogP contribution in [0.2, 0.25) is 0 Å². The van der Waals surface area contributed by atoms with Gasteiger partial charge in [-0.3, -0.25) is 14.5 Å².